The number of pyridine rings is 1. The molecule has 6 nitrogen and oxygen atoms in total. The molecule has 0 aliphatic carbocycles. The molecule has 0 aromatic carbocycles. The Bertz CT molecular complexity index is 561. The van der Waals surface area contributed by atoms with Crippen LogP contribution in [-0.4, -0.2) is 41.8 Å². The van der Waals surface area contributed by atoms with E-state index in [4.69, 9.17) is 4.74 Å². The summed E-state index contributed by atoms with van der Waals surface area (Å²) in [6, 6.07) is 3.59. The molecule has 1 unspecified atom stereocenters. The second kappa shape index (κ2) is 7.11. The molecule has 118 valence electrons. The molecular weight excluding hydrogens is 302 g/mol. The first-order valence-electron chi connectivity index (χ1n) is 7.49. The van der Waals surface area contributed by atoms with Crippen molar-refractivity contribution in [3.05, 3.63) is 18.3 Å². The molecule has 22 heavy (non-hydrogen) atoms. The van der Waals surface area contributed by atoms with E-state index in [1.54, 1.807) is 12.3 Å². The highest BCUT2D eigenvalue weighted by atomic mass is 32.2. The van der Waals surface area contributed by atoms with Crippen molar-refractivity contribution in [2.45, 2.75) is 29.5 Å². The van der Waals surface area contributed by atoms with Crippen LogP contribution in [0.2, 0.25) is 0 Å². The van der Waals surface area contributed by atoms with E-state index in [1.807, 2.05) is 6.07 Å². The average Bonchev–Trinajstić information content (AvgIpc) is 2.55. The molecule has 0 saturated carbocycles. The number of thioether (sulfide) groups is 1. The fourth-order valence-electron chi connectivity index (χ4n) is 2.56. The van der Waals surface area contributed by atoms with E-state index in [0.717, 1.165) is 36.8 Å². The van der Waals surface area contributed by atoms with E-state index >= 15 is 0 Å². The van der Waals surface area contributed by atoms with Crippen LogP contribution in [-0.2, 0) is 14.3 Å². The lowest BCUT2D eigenvalue weighted by Crippen LogP contribution is -2.37. The number of nitrogens with zero attached hydrogens (tertiary/aromatic N) is 1. The van der Waals surface area contributed by atoms with Gasteiger partial charge in [0.2, 0.25) is 11.8 Å². The molecule has 0 bridgehead atoms. The maximum atomic E-state index is 12.1. The molecule has 1 fully saturated rings. The highest BCUT2D eigenvalue weighted by molar-refractivity contribution is 8.00. The minimum atomic E-state index is -0.419. The lowest BCUT2D eigenvalue weighted by molar-refractivity contribution is -0.124. The van der Waals surface area contributed by atoms with Crippen LogP contribution < -0.4 is 10.6 Å². The number of anilines is 1. The monoisotopic (exact) mass is 321 g/mol. The molecule has 2 amide bonds. The van der Waals surface area contributed by atoms with Gasteiger partial charge in [-0.1, -0.05) is 11.8 Å². The third-order valence-electron chi connectivity index (χ3n) is 3.87. The molecule has 1 aromatic rings. The molecule has 7 heteroatoms. The second-order valence-corrected chi connectivity index (χ2v) is 6.71. The molecule has 0 spiro atoms. The Kier molecular flexibility index (Phi) is 4.94. The van der Waals surface area contributed by atoms with E-state index in [2.05, 4.69) is 15.6 Å². The molecule has 3 heterocycles. The summed E-state index contributed by atoms with van der Waals surface area (Å²) in [5.74, 6) is 0.262. The van der Waals surface area contributed by atoms with E-state index in [9.17, 15) is 9.59 Å². The Hall–Kier alpha value is -1.60. The summed E-state index contributed by atoms with van der Waals surface area (Å²) < 4.78 is 5.30. The van der Waals surface area contributed by atoms with Gasteiger partial charge in [0.25, 0.3) is 0 Å². The maximum Gasteiger partial charge on any atom is 0.238 e. The van der Waals surface area contributed by atoms with Crippen LogP contribution in [0.1, 0.15) is 19.3 Å². The van der Waals surface area contributed by atoms with E-state index in [1.165, 1.54) is 11.8 Å². The number of carbonyl (C=O) groups excluding carboxylic acids is 2. The standard InChI is InChI=1S/C15H19N3O3S/c19-13(17-9-10-3-6-21-7-4-10)8-12-14(20)18-11-2-1-5-16-15(11)22-12/h1-2,5,10,12H,3-4,6-9H2,(H,17,19)(H,18,20). The lowest BCUT2D eigenvalue weighted by Gasteiger charge is -2.24. The van der Waals surface area contributed by atoms with Gasteiger partial charge in [-0.05, 0) is 30.9 Å². The number of hydrogen-bond acceptors (Lipinski definition) is 5. The van der Waals surface area contributed by atoms with Crippen LogP contribution in [0.5, 0.6) is 0 Å². The Labute approximate surface area is 133 Å². The minimum absolute atomic E-state index is 0.0847. The quantitative estimate of drug-likeness (QED) is 0.877. The summed E-state index contributed by atoms with van der Waals surface area (Å²) in [5.41, 5.74) is 0.719. The highest BCUT2D eigenvalue weighted by Gasteiger charge is 2.29. The van der Waals surface area contributed by atoms with Crippen molar-refractivity contribution in [1.29, 1.82) is 0 Å². The topological polar surface area (TPSA) is 80.3 Å². The predicted octanol–water partition coefficient (Wildman–Crippen LogP) is 1.43. The Morgan fingerprint density at radius 2 is 2.27 bits per heavy atom. The fourth-order valence-corrected chi connectivity index (χ4v) is 3.60. The molecular formula is C15H19N3O3S. The maximum absolute atomic E-state index is 12.1. The van der Waals surface area contributed by atoms with Gasteiger partial charge in [-0.15, -0.1) is 0 Å². The largest absolute Gasteiger partial charge is 0.381 e. The van der Waals surface area contributed by atoms with Crippen molar-refractivity contribution in [1.82, 2.24) is 10.3 Å². The van der Waals surface area contributed by atoms with Gasteiger partial charge >= 0.3 is 0 Å². The molecule has 1 atom stereocenters. The highest BCUT2D eigenvalue weighted by Crippen LogP contribution is 2.34. The van der Waals surface area contributed by atoms with Gasteiger partial charge in [0.1, 0.15) is 5.03 Å². The molecule has 1 aromatic heterocycles. The van der Waals surface area contributed by atoms with E-state index in [0.29, 0.717) is 12.5 Å². The molecule has 0 radical (unpaired) electrons. The van der Waals surface area contributed by atoms with Crippen molar-refractivity contribution in [2.24, 2.45) is 5.92 Å². The number of amides is 2. The van der Waals surface area contributed by atoms with Crippen molar-refractivity contribution >= 4 is 29.3 Å². The summed E-state index contributed by atoms with van der Waals surface area (Å²) in [6.07, 6.45) is 3.83. The zero-order chi connectivity index (χ0) is 15.4. The van der Waals surface area contributed by atoms with Crippen LogP contribution >= 0.6 is 11.8 Å². The van der Waals surface area contributed by atoms with E-state index in [-0.39, 0.29) is 18.2 Å². The summed E-state index contributed by atoms with van der Waals surface area (Å²) in [5, 5.41) is 6.09. The van der Waals surface area contributed by atoms with Gasteiger partial charge in [0, 0.05) is 32.4 Å². The average molecular weight is 321 g/mol. The number of nitrogens with one attached hydrogen (secondary N) is 2. The Balaban J connectivity index is 1.50. The second-order valence-electron chi connectivity index (χ2n) is 5.52. The minimum Gasteiger partial charge on any atom is -0.381 e. The van der Waals surface area contributed by atoms with Gasteiger partial charge in [-0.2, -0.15) is 0 Å². The molecule has 2 N–H and O–H groups in total. The number of carbonyl (C=O) groups is 2. The molecule has 2 aliphatic heterocycles. The van der Waals surface area contributed by atoms with Crippen molar-refractivity contribution < 1.29 is 14.3 Å². The Morgan fingerprint density at radius 1 is 1.45 bits per heavy atom. The summed E-state index contributed by atoms with van der Waals surface area (Å²) in [4.78, 5) is 28.3. The van der Waals surface area contributed by atoms with Gasteiger partial charge in [-0.25, -0.2) is 4.98 Å². The summed E-state index contributed by atoms with van der Waals surface area (Å²) in [7, 11) is 0. The van der Waals surface area contributed by atoms with E-state index < -0.39 is 5.25 Å². The zero-order valence-corrected chi connectivity index (χ0v) is 13.0. The fraction of sp³-hybridized carbons (Fsp3) is 0.533. The molecule has 3 rings (SSSR count). The SMILES string of the molecule is O=C(CC1Sc2ncccc2NC1=O)NCC1CCOCC1. The lowest BCUT2D eigenvalue weighted by atomic mass is 10.0. The van der Waals surface area contributed by atoms with Crippen LogP contribution in [0, 0.1) is 5.92 Å². The first kappa shape index (κ1) is 15.3. The van der Waals surface area contributed by atoms with Gasteiger partial charge in [-0.3, -0.25) is 9.59 Å². The Morgan fingerprint density at radius 3 is 3.09 bits per heavy atom. The van der Waals surface area contributed by atoms with Crippen LogP contribution in [0.3, 0.4) is 0 Å². The van der Waals surface area contributed by atoms with Crippen LogP contribution in [0.4, 0.5) is 5.69 Å². The van der Waals surface area contributed by atoms with Crippen molar-refractivity contribution in [3.63, 3.8) is 0 Å². The third-order valence-corrected chi connectivity index (χ3v) is 5.09. The van der Waals surface area contributed by atoms with Crippen molar-refractivity contribution in [2.75, 3.05) is 25.1 Å². The number of ether oxygens (including phenoxy) is 1. The summed E-state index contributed by atoms with van der Waals surface area (Å²) >= 11 is 1.35. The first-order valence-corrected chi connectivity index (χ1v) is 8.37. The normalized spacial score (nSPS) is 21.8. The zero-order valence-electron chi connectivity index (χ0n) is 12.2. The first-order chi connectivity index (χ1) is 10.7. The van der Waals surface area contributed by atoms with Crippen molar-refractivity contribution in [3.8, 4) is 0 Å². The van der Waals surface area contributed by atoms with Crippen LogP contribution in [0.15, 0.2) is 23.4 Å². The van der Waals surface area contributed by atoms with Gasteiger partial charge in [0.15, 0.2) is 0 Å². The number of fused-ring (bicyclic) bond motifs is 1. The van der Waals surface area contributed by atoms with Gasteiger partial charge < -0.3 is 15.4 Å². The van der Waals surface area contributed by atoms with Crippen LogP contribution in [0.25, 0.3) is 0 Å². The number of hydrogen-bond donors (Lipinski definition) is 2. The third kappa shape index (κ3) is 3.78. The predicted molar refractivity (Wildman–Crippen MR) is 83.7 cm³/mol. The number of aromatic nitrogens is 1. The smallest absolute Gasteiger partial charge is 0.238 e. The van der Waals surface area contributed by atoms with Gasteiger partial charge in [0.05, 0.1) is 10.9 Å². The number of rotatable bonds is 4. The summed E-state index contributed by atoms with van der Waals surface area (Å²) in [6.45, 7) is 2.20. The molecule has 1 saturated heterocycles. The molecule has 2 aliphatic rings.